The largest absolute Gasteiger partial charge is 0.352 e. The Morgan fingerprint density at radius 2 is 2.00 bits per heavy atom. The van der Waals surface area contributed by atoms with E-state index in [9.17, 15) is 9.59 Å². The molecule has 2 amide bonds. The number of hydrogen-bond donors (Lipinski definition) is 2. The number of rotatable bonds is 7. The van der Waals surface area contributed by atoms with Crippen molar-refractivity contribution in [3.63, 3.8) is 0 Å². The summed E-state index contributed by atoms with van der Waals surface area (Å²) >= 11 is 1.54. The summed E-state index contributed by atoms with van der Waals surface area (Å²) in [4.78, 5) is 28.9. The number of hydrogen-bond acceptors (Lipinski definition) is 4. The second kappa shape index (κ2) is 7.94. The molecule has 3 aromatic rings. The third-order valence-electron chi connectivity index (χ3n) is 3.69. The first-order valence-electron chi connectivity index (χ1n) is 8.20. The van der Waals surface area contributed by atoms with Gasteiger partial charge in [-0.05, 0) is 24.1 Å². The van der Waals surface area contributed by atoms with Crippen molar-refractivity contribution in [1.29, 1.82) is 0 Å². The van der Waals surface area contributed by atoms with E-state index in [2.05, 4.69) is 15.6 Å². The Balaban J connectivity index is 1.48. The Hall–Kier alpha value is -2.67. The number of fused-ring (bicyclic) bond motifs is 1. The van der Waals surface area contributed by atoms with E-state index in [1.165, 1.54) is 0 Å². The summed E-state index contributed by atoms with van der Waals surface area (Å²) in [7, 11) is 0. The molecule has 0 spiro atoms. The van der Waals surface area contributed by atoms with Crippen molar-refractivity contribution >= 4 is 33.8 Å². The van der Waals surface area contributed by atoms with Crippen molar-refractivity contribution in [3.8, 4) is 0 Å². The molecule has 2 aromatic heterocycles. The number of thiazole rings is 1. The van der Waals surface area contributed by atoms with Gasteiger partial charge in [0, 0.05) is 36.4 Å². The maximum absolute atomic E-state index is 12.1. The zero-order chi connectivity index (χ0) is 17.6. The number of carbonyl (C=O) groups is 2. The van der Waals surface area contributed by atoms with Crippen LogP contribution in [0.2, 0.25) is 0 Å². The summed E-state index contributed by atoms with van der Waals surface area (Å²) in [5.74, 6) is -0.0467. The highest BCUT2D eigenvalue weighted by Crippen LogP contribution is 2.12. The van der Waals surface area contributed by atoms with Crippen LogP contribution in [0, 0.1) is 0 Å². The molecule has 0 aliphatic heterocycles. The van der Waals surface area contributed by atoms with Crippen molar-refractivity contribution in [2.45, 2.75) is 32.7 Å². The standard InChI is InChI=1S/C18H20N4O2S/c1-2-3-16(23)20-14-6-4-13(5-7-14)11-19-17(24)10-15-12-22-8-9-25-18(22)21-15/h4-9,12H,2-3,10-11H2,1H3,(H,19,24)(H,20,23). The third-order valence-corrected chi connectivity index (χ3v) is 4.46. The van der Waals surface area contributed by atoms with Gasteiger partial charge in [0.25, 0.3) is 0 Å². The van der Waals surface area contributed by atoms with Crippen LogP contribution >= 0.6 is 11.3 Å². The zero-order valence-electron chi connectivity index (χ0n) is 14.0. The normalized spacial score (nSPS) is 10.8. The van der Waals surface area contributed by atoms with Gasteiger partial charge < -0.3 is 10.6 Å². The van der Waals surface area contributed by atoms with Crippen LogP contribution in [-0.4, -0.2) is 21.2 Å². The lowest BCUT2D eigenvalue weighted by Gasteiger charge is -2.07. The van der Waals surface area contributed by atoms with Gasteiger partial charge in [-0.3, -0.25) is 14.0 Å². The van der Waals surface area contributed by atoms with Crippen LogP contribution in [0.4, 0.5) is 5.69 Å². The Morgan fingerprint density at radius 3 is 2.72 bits per heavy atom. The predicted octanol–water partition coefficient (Wildman–Crippen LogP) is 2.99. The van der Waals surface area contributed by atoms with Crippen molar-refractivity contribution < 1.29 is 9.59 Å². The van der Waals surface area contributed by atoms with Gasteiger partial charge in [-0.1, -0.05) is 19.1 Å². The lowest BCUT2D eigenvalue weighted by atomic mass is 10.2. The highest BCUT2D eigenvalue weighted by atomic mass is 32.1. The monoisotopic (exact) mass is 356 g/mol. The van der Waals surface area contributed by atoms with E-state index >= 15 is 0 Å². The molecule has 0 saturated carbocycles. The molecular weight excluding hydrogens is 336 g/mol. The number of anilines is 1. The van der Waals surface area contributed by atoms with E-state index in [4.69, 9.17) is 0 Å². The molecule has 1 aromatic carbocycles. The predicted molar refractivity (Wildman–Crippen MR) is 98.6 cm³/mol. The average molecular weight is 356 g/mol. The van der Waals surface area contributed by atoms with Gasteiger partial charge in [0.2, 0.25) is 11.8 Å². The molecule has 0 saturated heterocycles. The molecule has 0 atom stereocenters. The van der Waals surface area contributed by atoms with E-state index in [1.54, 1.807) is 11.3 Å². The molecule has 2 heterocycles. The molecule has 0 aliphatic rings. The summed E-state index contributed by atoms with van der Waals surface area (Å²) in [6.45, 7) is 2.42. The summed E-state index contributed by atoms with van der Waals surface area (Å²) in [6.07, 6.45) is 5.40. The summed E-state index contributed by atoms with van der Waals surface area (Å²) < 4.78 is 1.92. The zero-order valence-corrected chi connectivity index (χ0v) is 14.8. The Kier molecular flexibility index (Phi) is 5.45. The van der Waals surface area contributed by atoms with Crippen LogP contribution in [0.1, 0.15) is 31.0 Å². The lowest BCUT2D eigenvalue weighted by Crippen LogP contribution is -2.24. The van der Waals surface area contributed by atoms with Crippen molar-refractivity contribution in [2.75, 3.05) is 5.32 Å². The summed E-state index contributed by atoms with van der Waals surface area (Å²) in [6, 6.07) is 7.49. The molecule has 6 nitrogen and oxygen atoms in total. The molecule has 0 radical (unpaired) electrons. The molecule has 0 unspecified atom stereocenters. The number of nitrogens with one attached hydrogen (secondary N) is 2. The Labute approximate surface area is 149 Å². The quantitative estimate of drug-likeness (QED) is 0.683. The van der Waals surface area contributed by atoms with Gasteiger partial charge in [0.05, 0.1) is 12.1 Å². The van der Waals surface area contributed by atoms with E-state index in [1.807, 2.05) is 53.4 Å². The topological polar surface area (TPSA) is 75.5 Å². The summed E-state index contributed by atoms with van der Waals surface area (Å²) in [5.41, 5.74) is 2.51. The summed E-state index contributed by atoms with van der Waals surface area (Å²) in [5, 5.41) is 7.69. The van der Waals surface area contributed by atoms with Gasteiger partial charge in [0.15, 0.2) is 4.96 Å². The first kappa shape index (κ1) is 17.2. The average Bonchev–Trinajstić information content (AvgIpc) is 3.16. The minimum atomic E-state index is -0.0638. The van der Waals surface area contributed by atoms with Crippen molar-refractivity contribution in [3.05, 3.63) is 53.3 Å². The Morgan fingerprint density at radius 1 is 1.20 bits per heavy atom. The number of nitrogens with zero attached hydrogens (tertiary/aromatic N) is 2. The smallest absolute Gasteiger partial charge is 0.226 e. The maximum Gasteiger partial charge on any atom is 0.226 e. The molecule has 0 bridgehead atoms. The van der Waals surface area contributed by atoms with E-state index in [0.717, 1.165) is 28.3 Å². The van der Waals surface area contributed by atoms with E-state index in [0.29, 0.717) is 13.0 Å². The van der Waals surface area contributed by atoms with Crippen LogP contribution in [0.3, 0.4) is 0 Å². The van der Waals surface area contributed by atoms with Crippen molar-refractivity contribution in [2.24, 2.45) is 0 Å². The van der Waals surface area contributed by atoms with Gasteiger partial charge in [-0.2, -0.15) is 0 Å². The van der Waals surface area contributed by atoms with E-state index < -0.39 is 0 Å². The maximum atomic E-state index is 12.1. The number of aromatic nitrogens is 2. The van der Waals surface area contributed by atoms with Crippen LogP contribution in [0.5, 0.6) is 0 Å². The van der Waals surface area contributed by atoms with Crippen LogP contribution < -0.4 is 10.6 Å². The fourth-order valence-corrected chi connectivity index (χ4v) is 3.16. The van der Waals surface area contributed by atoms with Crippen LogP contribution in [-0.2, 0) is 22.6 Å². The molecule has 0 fully saturated rings. The lowest BCUT2D eigenvalue weighted by molar-refractivity contribution is -0.120. The minimum Gasteiger partial charge on any atom is -0.352 e. The SMILES string of the molecule is CCCC(=O)Nc1ccc(CNC(=O)Cc2cn3ccsc3n2)cc1. The third kappa shape index (κ3) is 4.67. The molecule has 7 heteroatoms. The van der Waals surface area contributed by atoms with Gasteiger partial charge in [0.1, 0.15) is 0 Å². The molecular formula is C18H20N4O2S. The van der Waals surface area contributed by atoms with Crippen LogP contribution in [0.25, 0.3) is 4.96 Å². The second-order valence-electron chi connectivity index (χ2n) is 5.77. The molecule has 3 rings (SSSR count). The van der Waals surface area contributed by atoms with Gasteiger partial charge in [-0.25, -0.2) is 4.98 Å². The fourth-order valence-electron chi connectivity index (χ4n) is 2.45. The van der Waals surface area contributed by atoms with Crippen LogP contribution in [0.15, 0.2) is 42.0 Å². The van der Waals surface area contributed by atoms with Gasteiger partial charge in [-0.15, -0.1) is 11.3 Å². The first-order chi connectivity index (χ1) is 12.1. The highest BCUT2D eigenvalue weighted by Gasteiger charge is 2.08. The molecule has 130 valence electrons. The van der Waals surface area contributed by atoms with Crippen molar-refractivity contribution in [1.82, 2.24) is 14.7 Å². The second-order valence-corrected chi connectivity index (χ2v) is 6.65. The number of amides is 2. The minimum absolute atomic E-state index is 0.0172. The first-order valence-corrected chi connectivity index (χ1v) is 9.08. The number of benzene rings is 1. The van der Waals surface area contributed by atoms with E-state index in [-0.39, 0.29) is 18.2 Å². The Bertz CT molecular complexity index is 838. The van der Waals surface area contributed by atoms with Gasteiger partial charge >= 0.3 is 0 Å². The molecule has 25 heavy (non-hydrogen) atoms. The molecule has 0 aliphatic carbocycles. The number of imidazole rings is 1. The molecule has 2 N–H and O–H groups in total. The fraction of sp³-hybridized carbons (Fsp3) is 0.278. The highest BCUT2D eigenvalue weighted by molar-refractivity contribution is 7.15. The number of carbonyl (C=O) groups excluding carboxylic acids is 2.